The summed E-state index contributed by atoms with van der Waals surface area (Å²) in [5.41, 5.74) is 1.76. The van der Waals surface area contributed by atoms with E-state index in [-0.39, 0.29) is 6.10 Å². The van der Waals surface area contributed by atoms with Crippen molar-refractivity contribution in [1.82, 2.24) is 4.98 Å². The summed E-state index contributed by atoms with van der Waals surface area (Å²) >= 11 is 1.53. The summed E-state index contributed by atoms with van der Waals surface area (Å²) in [4.78, 5) is 4.22. The van der Waals surface area contributed by atoms with Crippen molar-refractivity contribution in [1.29, 1.82) is 0 Å². The number of ether oxygens (including phenoxy) is 1. The molecule has 1 aromatic heterocycles. The van der Waals surface area contributed by atoms with Gasteiger partial charge in [-0.05, 0) is 25.7 Å². The third kappa shape index (κ3) is 1.14. The molecular formula is C10H13NO2S. The van der Waals surface area contributed by atoms with Crippen LogP contribution in [0.4, 0.5) is 0 Å². The fraction of sp³-hybridized carbons (Fsp3) is 0.700. The number of hydrogen-bond acceptors (Lipinski definition) is 4. The van der Waals surface area contributed by atoms with Gasteiger partial charge in [0, 0.05) is 5.38 Å². The van der Waals surface area contributed by atoms with Crippen LogP contribution in [0.5, 0.6) is 0 Å². The number of fused-ring (bicyclic) bond motifs is 2. The first-order valence-electron chi connectivity index (χ1n) is 5.05. The highest BCUT2D eigenvalue weighted by Gasteiger charge is 2.48. The van der Waals surface area contributed by atoms with E-state index in [2.05, 4.69) is 4.98 Å². The van der Waals surface area contributed by atoms with Crippen LogP contribution in [0, 0.1) is 0 Å². The molecule has 2 fully saturated rings. The first kappa shape index (κ1) is 8.83. The zero-order valence-corrected chi connectivity index (χ0v) is 8.67. The largest absolute Gasteiger partial charge is 0.381 e. The number of hydrogen-bond donors (Lipinski definition) is 1. The second-order valence-electron chi connectivity index (χ2n) is 4.16. The van der Waals surface area contributed by atoms with Crippen LogP contribution in [0.25, 0.3) is 0 Å². The minimum absolute atomic E-state index is 0.0247. The van der Waals surface area contributed by atoms with E-state index in [0.717, 1.165) is 31.4 Å². The Bertz CT molecular complexity index is 327. The van der Waals surface area contributed by atoms with Crippen molar-refractivity contribution in [2.75, 3.05) is 0 Å². The SMILES string of the molecule is OC1(c2cscn2)CCC2CCC1O2. The molecule has 3 rings (SSSR count). The van der Waals surface area contributed by atoms with Gasteiger partial charge in [0.1, 0.15) is 5.60 Å². The average molecular weight is 211 g/mol. The normalized spacial score (nSPS) is 41.5. The third-order valence-corrected chi connectivity index (χ3v) is 3.95. The zero-order valence-electron chi connectivity index (χ0n) is 7.85. The van der Waals surface area contributed by atoms with Crippen LogP contribution in [0.1, 0.15) is 31.4 Å². The summed E-state index contributed by atoms with van der Waals surface area (Å²) in [5, 5.41) is 12.5. The highest BCUT2D eigenvalue weighted by molar-refractivity contribution is 7.07. The monoisotopic (exact) mass is 211 g/mol. The maximum Gasteiger partial charge on any atom is 0.133 e. The molecule has 0 aromatic carbocycles. The van der Waals surface area contributed by atoms with Gasteiger partial charge in [0.25, 0.3) is 0 Å². The standard InChI is InChI=1S/C10H13NO2S/c12-10(8-5-14-6-11-8)4-3-7-1-2-9(10)13-7/h5-7,9,12H,1-4H2. The van der Waals surface area contributed by atoms with Crippen LogP contribution in [0.2, 0.25) is 0 Å². The molecule has 0 saturated carbocycles. The lowest BCUT2D eigenvalue weighted by atomic mass is 9.87. The van der Waals surface area contributed by atoms with Gasteiger partial charge in [-0.2, -0.15) is 0 Å². The molecular weight excluding hydrogens is 198 g/mol. The summed E-state index contributed by atoms with van der Waals surface area (Å²) < 4.78 is 5.75. The van der Waals surface area contributed by atoms with Crippen LogP contribution in [0.3, 0.4) is 0 Å². The molecule has 0 radical (unpaired) electrons. The van der Waals surface area contributed by atoms with Crippen molar-refractivity contribution in [2.24, 2.45) is 0 Å². The van der Waals surface area contributed by atoms with Gasteiger partial charge in [0.15, 0.2) is 0 Å². The Hall–Kier alpha value is -0.450. The van der Waals surface area contributed by atoms with E-state index in [1.807, 2.05) is 5.38 Å². The lowest BCUT2D eigenvalue weighted by Crippen LogP contribution is -2.43. The predicted octanol–water partition coefficient (Wildman–Crippen LogP) is 1.67. The Morgan fingerprint density at radius 1 is 1.50 bits per heavy atom. The van der Waals surface area contributed by atoms with E-state index in [1.54, 1.807) is 5.51 Å². The van der Waals surface area contributed by atoms with Crippen LogP contribution in [-0.2, 0) is 10.3 Å². The molecule has 3 unspecified atom stereocenters. The number of aliphatic hydroxyl groups is 1. The van der Waals surface area contributed by atoms with Crippen LogP contribution in [0.15, 0.2) is 10.9 Å². The lowest BCUT2D eigenvalue weighted by molar-refractivity contribution is -0.150. The van der Waals surface area contributed by atoms with Crippen molar-refractivity contribution < 1.29 is 9.84 Å². The molecule has 3 atom stereocenters. The van der Waals surface area contributed by atoms with E-state index >= 15 is 0 Å². The second-order valence-corrected chi connectivity index (χ2v) is 4.88. The van der Waals surface area contributed by atoms with E-state index in [9.17, 15) is 5.11 Å². The molecule has 1 aromatic rings. The van der Waals surface area contributed by atoms with Crippen LogP contribution >= 0.6 is 11.3 Å². The molecule has 2 aliphatic heterocycles. The van der Waals surface area contributed by atoms with E-state index in [1.165, 1.54) is 11.3 Å². The zero-order chi connectivity index (χ0) is 9.60. The molecule has 3 heterocycles. The first-order valence-corrected chi connectivity index (χ1v) is 6.00. The van der Waals surface area contributed by atoms with Gasteiger partial charge in [-0.25, -0.2) is 4.98 Å². The summed E-state index contributed by atoms with van der Waals surface area (Å²) in [6.45, 7) is 0. The molecule has 1 N–H and O–H groups in total. The van der Waals surface area contributed by atoms with Gasteiger partial charge in [-0.3, -0.25) is 0 Å². The molecule has 2 aliphatic rings. The highest BCUT2D eigenvalue weighted by Crippen LogP contribution is 2.44. The van der Waals surface area contributed by atoms with Crippen molar-refractivity contribution in [2.45, 2.75) is 43.5 Å². The number of aromatic nitrogens is 1. The Labute approximate surface area is 86.7 Å². The van der Waals surface area contributed by atoms with Crippen molar-refractivity contribution >= 4 is 11.3 Å². The topological polar surface area (TPSA) is 42.4 Å². The Kier molecular flexibility index (Phi) is 1.90. The van der Waals surface area contributed by atoms with Gasteiger partial charge in [0.05, 0.1) is 23.4 Å². The Morgan fingerprint density at radius 2 is 2.43 bits per heavy atom. The van der Waals surface area contributed by atoms with Crippen LogP contribution in [-0.4, -0.2) is 22.3 Å². The number of nitrogens with zero attached hydrogens (tertiary/aromatic N) is 1. The Morgan fingerprint density at radius 3 is 3.21 bits per heavy atom. The van der Waals surface area contributed by atoms with Crippen molar-refractivity contribution in [3.63, 3.8) is 0 Å². The van der Waals surface area contributed by atoms with Crippen molar-refractivity contribution in [3.8, 4) is 0 Å². The maximum atomic E-state index is 10.5. The summed E-state index contributed by atoms with van der Waals surface area (Å²) in [7, 11) is 0. The summed E-state index contributed by atoms with van der Waals surface area (Å²) in [6.07, 6.45) is 4.19. The minimum Gasteiger partial charge on any atom is -0.381 e. The van der Waals surface area contributed by atoms with Gasteiger partial charge in [-0.15, -0.1) is 11.3 Å². The average Bonchev–Trinajstić information content (AvgIpc) is 2.84. The van der Waals surface area contributed by atoms with Gasteiger partial charge < -0.3 is 9.84 Å². The van der Waals surface area contributed by atoms with Crippen molar-refractivity contribution in [3.05, 3.63) is 16.6 Å². The number of thiazole rings is 1. The van der Waals surface area contributed by atoms with E-state index in [0.29, 0.717) is 6.10 Å². The van der Waals surface area contributed by atoms with Gasteiger partial charge in [-0.1, -0.05) is 0 Å². The fourth-order valence-corrected chi connectivity index (χ4v) is 3.16. The maximum absolute atomic E-state index is 10.5. The molecule has 2 saturated heterocycles. The molecule has 0 amide bonds. The molecule has 3 nitrogen and oxygen atoms in total. The van der Waals surface area contributed by atoms with E-state index < -0.39 is 5.60 Å². The Balaban J connectivity index is 1.95. The molecule has 2 bridgehead atoms. The molecule has 0 spiro atoms. The van der Waals surface area contributed by atoms with E-state index in [4.69, 9.17) is 4.74 Å². The molecule has 76 valence electrons. The lowest BCUT2D eigenvalue weighted by Gasteiger charge is -2.36. The molecule has 0 aliphatic carbocycles. The first-order chi connectivity index (χ1) is 6.79. The van der Waals surface area contributed by atoms with Gasteiger partial charge in [0.2, 0.25) is 0 Å². The van der Waals surface area contributed by atoms with Crippen LogP contribution < -0.4 is 0 Å². The second kappa shape index (κ2) is 3.02. The summed E-state index contributed by atoms with van der Waals surface area (Å²) in [5.74, 6) is 0. The van der Waals surface area contributed by atoms with Gasteiger partial charge >= 0.3 is 0 Å². The highest BCUT2D eigenvalue weighted by atomic mass is 32.1. The smallest absolute Gasteiger partial charge is 0.133 e. The quantitative estimate of drug-likeness (QED) is 0.768. The fourth-order valence-electron chi connectivity index (χ4n) is 2.53. The minimum atomic E-state index is -0.812. The third-order valence-electron chi connectivity index (χ3n) is 3.36. The number of rotatable bonds is 1. The molecule has 4 heteroatoms. The molecule has 14 heavy (non-hydrogen) atoms. The summed E-state index contributed by atoms with van der Waals surface area (Å²) in [6, 6.07) is 0. The predicted molar refractivity (Wildman–Crippen MR) is 53.1 cm³/mol.